The van der Waals surface area contributed by atoms with Crippen molar-refractivity contribution in [2.45, 2.75) is 65.5 Å². The summed E-state index contributed by atoms with van der Waals surface area (Å²) in [5, 5.41) is 0. The summed E-state index contributed by atoms with van der Waals surface area (Å²) in [4.78, 5) is 15.5. The van der Waals surface area contributed by atoms with E-state index < -0.39 is 6.04 Å². The van der Waals surface area contributed by atoms with Gasteiger partial charge in [0.25, 0.3) is 0 Å². The molecule has 6 nitrogen and oxygen atoms in total. The van der Waals surface area contributed by atoms with E-state index in [4.69, 9.17) is 19.9 Å². The van der Waals surface area contributed by atoms with Crippen molar-refractivity contribution in [1.82, 2.24) is 4.90 Å². The molecule has 0 amide bonds. The highest BCUT2D eigenvalue weighted by atomic mass is 16.5. The molecule has 1 fully saturated rings. The standard InChI is InChI=1S/C26H40N2O4/c1-7-28-14-9-12-21(28)24(27)25(29)20-16-22(30-5)26(31-6)23(17-20)32-15-13-19(4)11-8-10-18(2)3/h10,13,16-17,21,24H,7-9,11-12,14-15,27H2,1-6H3/b19-13+. The fourth-order valence-electron chi connectivity index (χ4n) is 4.16. The van der Waals surface area contributed by atoms with Crippen molar-refractivity contribution in [3.63, 3.8) is 0 Å². The summed E-state index contributed by atoms with van der Waals surface area (Å²) in [5.74, 6) is 1.32. The third-order valence-electron chi connectivity index (χ3n) is 6.03. The first-order valence-electron chi connectivity index (χ1n) is 11.5. The second-order valence-electron chi connectivity index (χ2n) is 8.62. The van der Waals surface area contributed by atoms with Gasteiger partial charge in [0.05, 0.1) is 20.3 Å². The number of benzene rings is 1. The number of allylic oxidation sites excluding steroid dienone is 3. The largest absolute Gasteiger partial charge is 0.493 e. The lowest BCUT2D eigenvalue weighted by Crippen LogP contribution is -2.48. The van der Waals surface area contributed by atoms with E-state index in [1.807, 2.05) is 0 Å². The summed E-state index contributed by atoms with van der Waals surface area (Å²) < 4.78 is 17.0. The molecule has 1 aliphatic rings. The van der Waals surface area contributed by atoms with Crippen LogP contribution in [0.25, 0.3) is 0 Å². The normalized spacial score (nSPS) is 17.7. The second kappa shape index (κ2) is 12.7. The molecule has 1 heterocycles. The first-order chi connectivity index (χ1) is 15.3. The Balaban J connectivity index is 2.19. The molecule has 0 saturated carbocycles. The van der Waals surface area contributed by atoms with Crippen molar-refractivity contribution in [2.75, 3.05) is 33.9 Å². The Kier molecular flexibility index (Phi) is 10.3. The third-order valence-corrected chi connectivity index (χ3v) is 6.03. The first-order valence-corrected chi connectivity index (χ1v) is 11.5. The molecule has 0 spiro atoms. The summed E-state index contributed by atoms with van der Waals surface area (Å²) >= 11 is 0. The molecule has 6 heteroatoms. The molecule has 2 rings (SSSR count). The van der Waals surface area contributed by atoms with Gasteiger partial charge in [0.15, 0.2) is 17.3 Å². The molecule has 0 radical (unpaired) electrons. The Bertz CT molecular complexity index is 827. The molecule has 0 aliphatic carbocycles. The minimum atomic E-state index is -0.583. The number of carbonyl (C=O) groups is 1. The summed E-state index contributed by atoms with van der Waals surface area (Å²) in [7, 11) is 3.12. The predicted octanol–water partition coefficient (Wildman–Crippen LogP) is 4.77. The lowest BCUT2D eigenvalue weighted by Gasteiger charge is -2.27. The Labute approximate surface area is 193 Å². The van der Waals surface area contributed by atoms with Gasteiger partial charge in [-0.25, -0.2) is 0 Å². The Hall–Kier alpha value is -2.31. The summed E-state index contributed by atoms with van der Waals surface area (Å²) in [6.07, 6.45) is 8.29. The topological polar surface area (TPSA) is 74.0 Å². The van der Waals surface area contributed by atoms with E-state index in [1.165, 1.54) is 11.1 Å². The monoisotopic (exact) mass is 444 g/mol. The van der Waals surface area contributed by atoms with Gasteiger partial charge in [-0.05, 0) is 77.8 Å². The number of hydrogen-bond acceptors (Lipinski definition) is 6. The van der Waals surface area contributed by atoms with Crippen molar-refractivity contribution in [3.05, 3.63) is 41.0 Å². The van der Waals surface area contributed by atoms with Crippen molar-refractivity contribution >= 4 is 5.78 Å². The van der Waals surface area contributed by atoms with Gasteiger partial charge in [0, 0.05) is 11.6 Å². The van der Waals surface area contributed by atoms with Gasteiger partial charge in [0.2, 0.25) is 5.75 Å². The van der Waals surface area contributed by atoms with Crippen LogP contribution in [-0.4, -0.2) is 56.7 Å². The molecule has 32 heavy (non-hydrogen) atoms. The van der Waals surface area contributed by atoms with Gasteiger partial charge in [-0.3, -0.25) is 9.69 Å². The molecule has 2 N–H and O–H groups in total. The molecule has 1 aromatic carbocycles. The van der Waals surface area contributed by atoms with E-state index in [-0.39, 0.29) is 11.8 Å². The highest BCUT2D eigenvalue weighted by Gasteiger charge is 2.33. The number of hydrogen-bond donors (Lipinski definition) is 1. The average Bonchev–Trinajstić information content (AvgIpc) is 3.26. The smallest absolute Gasteiger partial charge is 0.203 e. The van der Waals surface area contributed by atoms with Crippen molar-refractivity contribution in [1.29, 1.82) is 0 Å². The summed E-state index contributed by atoms with van der Waals surface area (Å²) in [6, 6.07) is 2.90. The van der Waals surface area contributed by atoms with Crippen LogP contribution in [0.4, 0.5) is 0 Å². The molecular formula is C26H40N2O4. The van der Waals surface area contributed by atoms with E-state index in [1.54, 1.807) is 26.4 Å². The highest BCUT2D eigenvalue weighted by molar-refractivity contribution is 6.01. The Morgan fingerprint density at radius 3 is 2.53 bits per heavy atom. The van der Waals surface area contributed by atoms with Crippen LogP contribution in [0, 0.1) is 0 Å². The van der Waals surface area contributed by atoms with Gasteiger partial charge in [-0.2, -0.15) is 0 Å². The SMILES string of the molecule is CCN1CCCC1C(N)C(=O)c1cc(OC)c(OC)c(OC/C=C(\C)CCC=C(C)C)c1. The number of nitrogens with two attached hydrogens (primary N) is 1. The van der Waals surface area contributed by atoms with E-state index >= 15 is 0 Å². The van der Waals surface area contributed by atoms with E-state index in [9.17, 15) is 4.79 Å². The van der Waals surface area contributed by atoms with Crippen LogP contribution in [0.3, 0.4) is 0 Å². The zero-order valence-electron chi connectivity index (χ0n) is 20.6. The third kappa shape index (κ3) is 6.84. The maximum Gasteiger partial charge on any atom is 0.203 e. The fraction of sp³-hybridized carbons (Fsp3) is 0.577. The lowest BCUT2D eigenvalue weighted by molar-refractivity contribution is 0.0907. The van der Waals surface area contributed by atoms with E-state index in [2.05, 4.69) is 44.7 Å². The van der Waals surface area contributed by atoms with E-state index in [0.29, 0.717) is 29.4 Å². The van der Waals surface area contributed by atoms with Crippen LogP contribution in [0.2, 0.25) is 0 Å². The molecule has 2 atom stereocenters. The van der Waals surface area contributed by atoms with Crippen LogP contribution in [0.1, 0.15) is 63.7 Å². The zero-order valence-corrected chi connectivity index (χ0v) is 20.6. The van der Waals surface area contributed by atoms with Crippen molar-refractivity contribution in [2.24, 2.45) is 5.73 Å². The van der Waals surface area contributed by atoms with Crippen LogP contribution < -0.4 is 19.9 Å². The lowest BCUT2D eigenvalue weighted by atomic mass is 9.96. The first kappa shape index (κ1) is 25.9. The number of likely N-dealkylation sites (N-methyl/N-ethyl adjacent to an activating group) is 1. The summed E-state index contributed by atoms with van der Waals surface area (Å²) in [5.41, 5.74) is 9.48. The van der Waals surface area contributed by atoms with E-state index in [0.717, 1.165) is 38.8 Å². The number of rotatable bonds is 12. The van der Waals surface area contributed by atoms with Crippen LogP contribution in [0.15, 0.2) is 35.4 Å². The Morgan fingerprint density at radius 1 is 1.19 bits per heavy atom. The quantitative estimate of drug-likeness (QED) is 0.370. The van der Waals surface area contributed by atoms with Crippen LogP contribution >= 0.6 is 0 Å². The number of carbonyl (C=O) groups excluding carboxylic acids is 1. The maximum atomic E-state index is 13.2. The minimum Gasteiger partial charge on any atom is -0.493 e. The molecule has 0 bridgehead atoms. The van der Waals surface area contributed by atoms with Gasteiger partial charge >= 0.3 is 0 Å². The number of ketones is 1. The number of ether oxygens (including phenoxy) is 3. The Morgan fingerprint density at radius 2 is 1.91 bits per heavy atom. The fourth-order valence-corrected chi connectivity index (χ4v) is 4.16. The van der Waals surface area contributed by atoms with Crippen LogP contribution in [-0.2, 0) is 0 Å². The van der Waals surface area contributed by atoms with Gasteiger partial charge in [0.1, 0.15) is 6.61 Å². The zero-order chi connectivity index (χ0) is 23.7. The van der Waals surface area contributed by atoms with Gasteiger partial charge < -0.3 is 19.9 Å². The number of likely N-dealkylation sites (tertiary alicyclic amines) is 1. The average molecular weight is 445 g/mol. The molecule has 1 saturated heterocycles. The molecule has 1 aromatic rings. The molecule has 178 valence electrons. The van der Waals surface area contributed by atoms with Gasteiger partial charge in [-0.15, -0.1) is 0 Å². The highest BCUT2D eigenvalue weighted by Crippen LogP contribution is 2.39. The summed E-state index contributed by atoms with van der Waals surface area (Å²) in [6.45, 7) is 10.7. The molecule has 0 aromatic heterocycles. The number of Topliss-reactive ketones (excluding diaryl/α,β-unsaturated/α-hetero) is 1. The van der Waals surface area contributed by atoms with Crippen LogP contribution in [0.5, 0.6) is 17.2 Å². The van der Waals surface area contributed by atoms with Gasteiger partial charge in [-0.1, -0.05) is 24.1 Å². The molecule has 2 unspecified atom stereocenters. The molecular weight excluding hydrogens is 404 g/mol. The predicted molar refractivity (Wildman–Crippen MR) is 130 cm³/mol. The number of nitrogens with zero attached hydrogens (tertiary/aromatic N) is 1. The molecule has 1 aliphatic heterocycles. The van der Waals surface area contributed by atoms with Crippen molar-refractivity contribution in [3.8, 4) is 17.2 Å². The maximum absolute atomic E-state index is 13.2. The number of methoxy groups -OCH3 is 2. The van der Waals surface area contributed by atoms with Crippen molar-refractivity contribution < 1.29 is 19.0 Å². The minimum absolute atomic E-state index is 0.0661. The second-order valence-corrected chi connectivity index (χ2v) is 8.62.